The average Bonchev–Trinajstić information content (AvgIpc) is 3.08. The Balaban J connectivity index is 1.41. The predicted octanol–water partition coefficient (Wildman–Crippen LogP) is 3.49. The number of carbonyl (C=O) groups is 1. The normalized spacial score (nSPS) is 15.9. The molecule has 1 aliphatic heterocycles. The van der Waals surface area contributed by atoms with Crippen LogP contribution in [0.5, 0.6) is 0 Å². The van der Waals surface area contributed by atoms with E-state index in [1.807, 2.05) is 26.1 Å². The van der Waals surface area contributed by atoms with Crippen molar-refractivity contribution in [3.8, 4) is 0 Å². The first kappa shape index (κ1) is 20.6. The summed E-state index contributed by atoms with van der Waals surface area (Å²) in [6.07, 6.45) is 0. The van der Waals surface area contributed by atoms with E-state index in [9.17, 15) is 4.79 Å². The highest BCUT2D eigenvalue weighted by molar-refractivity contribution is 5.77. The van der Waals surface area contributed by atoms with Gasteiger partial charge in [-0.2, -0.15) is 0 Å². The standard InChI is InChI=1S/C23H33N3O2/c1-18(2)21-8-6-20(7-9-21)15-25-11-13-26(14-12-25)17-23(27)24(4)16-22-10-5-19(3)28-22/h5-10,18H,11-17H2,1-4H3. The molecule has 5 heteroatoms. The van der Waals surface area contributed by atoms with Gasteiger partial charge in [0.1, 0.15) is 11.5 Å². The number of hydrogen-bond donors (Lipinski definition) is 0. The highest BCUT2D eigenvalue weighted by atomic mass is 16.3. The summed E-state index contributed by atoms with van der Waals surface area (Å²) >= 11 is 0. The van der Waals surface area contributed by atoms with Gasteiger partial charge in [0.2, 0.25) is 5.91 Å². The van der Waals surface area contributed by atoms with Crippen molar-refractivity contribution in [2.45, 2.75) is 39.8 Å². The number of benzene rings is 1. The summed E-state index contributed by atoms with van der Waals surface area (Å²) in [4.78, 5) is 19.0. The minimum atomic E-state index is 0.145. The van der Waals surface area contributed by atoms with Crippen molar-refractivity contribution < 1.29 is 9.21 Å². The number of nitrogens with zero attached hydrogens (tertiary/aromatic N) is 3. The van der Waals surface area contributed by atoms with E-state index >= 15 is 0 Å². The van der Waals surface area contributed by atoms with Crippen LogP contribution in [0.25, 0.3) is 0 Å². The van der Waals surface area contributed by atoms with E-state index in [4.69, 9.17) is 4.42 Å². The summed E-state index contributed by atoms with van der Waals surface area (Å²) in [5.74, 6) is 2.43. The smallest absolute Gasteiger partial charge is 0.236 e. The van der Waals surface area contributed by atoms with Gasteiger partial charge in [0.25, 0.3) is 0 Å². The molecule has 1 saturated heterocycles. The number of amides is 1. The van der Waals surface area contributed by atoms with Crippen LogP contribution in [-0.2, 0) is 17.9 Å². The van der Waals surface area contributed by atoms with Gasteiger partial charge < -0.3 is 9.32 Å². The van der Waals surface area contributed by atoms with Crippen molar-refractivity contribution in [1.82, 2.24) is 14.7 Å². The summed E-state index contributed by atoms with van der Waals surface area (Å²) < 4.78 is 5.57. The van der Waals surface area contributed by atoms with E-state index in [0.29, 0.717) is 19.0 Å². The number of piperazine rings is 1. The van der Waals surface area contributed by atoms with Gasteiger partial charge >= 0.3 is 0 Å². The van der Waals surface area contributed by atoms with Crippen LogP contribution in [0.2, 0.25) is 0 Å². The van der Waals surface area contributed by atoms with E-state index in [1.54, 1.807) is 4.90 Å². The third-order valence-electron chi connectivity index (χ3n) is 5.49. The van der Waals surface area contributed by atoms with Crippen molar-refractivity contribution in [3.63, 3.8) is 0 Å². The zero-order valence-corrected chi connectivity index (χ0v) is 17.6. The van der Waals surface area contributed by atoms with Crippen LogP contribution in [0.1, 0.15) is 42.4 Å². The minimum Gasteiger partial charge on any atom is -0.464 e. The van der Waals surface area contributed by atoms with Crippen LogP contribution in [0, 0.1) is 6.92 Å². The molecule has 152 valence electrons. The monoisotopic (exact) mass is 383 g/mol. The lowest BCUT2D eigenvalue weighted by Gasteiger charge is -2.35. The topological polar surface area (TPSA) is 39.9 Å². The van der Waals surface area contributed by atoms with Crippen molar-refractivity contribution in [3.05, 3.63) is 59.0 Å². The molecule has 5 nitrogen and oxygen atoms in total. The Morgan fingerprint density at radius 1 is 1.04 bits per heavy atom. The van der Waals surface area contributed by atoms with Crippen LogP contribution in [0.15, 0.2) is 40.8 Å². The number of carbonyl (C=O) groups excluding carboxylic acids is 1. The molecule has 28 heavy (non-hydrogen) atoms. The first-order valence-corrected chi connectivity index (χ1v) is 10.2. The van der Waals surface area contributed by atoms with E-state index < -0.39 is 0 Å². The maximum absolute atomic E-state index is 12.5. The average molecular weight is 384 g/mol. The number of hydrogen-bond acceptors (Lipinski definition) is 4. The molecule has 1 amide bonds. The highest BCUT2D eigenvalue weighted by Gasteiger charge is 2.21. The maximum Gasteiger partial charge on any atom is 0.236 e. The van der Waals surface area contributed by atoms with Gasteiger partial charge in [-0.05, 0) is 36.1 Å². The second-order valence-corrected chi connectivity index (χ2v) is 8.21. The van der Waals surface area contributed by atoms with Crippen LogP contribution in [-0.4, -0.2) is 60.4 Å². The molecule has 0 atom stereocenters. The van der Waals surface area contributed by atoms with Gasteiger partial charge in [0.05, 0.1) is 13.1 Å². The summed E-state index contributed by atoms with van der Waals surface area (Å²) in [6, 6.07) is 12.8. The van der Waals surface area contributed by atoms with Gasteiger partial charge in [-0.15, -0.1) is 0 Å². The third-order valence-corrected chi connectivity index (χ3v) is 5.49. The molecule has 0 radical (unpaired) electrons. The molecule has 2 aromatic rings. The van der Waals surface area contributed by atoms with E-state index in [-0.39, 0.29) is 5.91 Å². The molecule has 1 fully saturated rings. The molecule has 3 rings (SSSR count). The number of rotatable bonds is 7. The van der Waals surface area contributed by atoms with Gasteiger partial charge in [-0.1, -0.05) is 38.1 Å². The fourth-order valence-corrected chi connectivity index (χ4v) is 3.58. The number of likely N-dealkylation sites (N-methyl/N-ethyl adjacent to an activating group) is 1. The summed E-state index contributed by atoms with van der Waals surface area (Å²) in [7, 11) is 1.84. The van der Waals surface area contributed by atoms with Crippen molar-refractivity contribution >= 4 is 5.91 Å². The van der Waals surface area contributed by atoms with Gasteiger partial charge in [-0.3, -0.25) is 14.6 Å². The molecule has 0 aliphatic carbocycles. The van der Waals surface area contributed by atoms with Crippen molar-refractivity contribution in [1.29, 1.82) is 0 Å². The Hall–Kier alpha value is -2.11. The molecule has 1 aromatic carbocycles. The summed E-state index contributed by atoms with van der Waals surface area (Å²) in [5, 5.41) is 0. The number of aryl methyl sites for hydroxylation is 1. The summed E-state index contributed by atoms with van der Waals surface area (Å²) in [5.41, 5.74) is 2.75. The lowest BCUT2D eigenvalue weighted by atomic mass is 10.0. The zero-order valence-electron chi connectivity index (χ0n) is 17.6. The SMILES string of the molecule is Cc1ccc(CN(C)C(=O)CN2CCN(Cc3ccc(C(C)C)cc3)CC2)o1. The molecule has 0 N–H and O–H groups in total. The Morgan fingerprint density at radius 3 is 2.25 bits per heavy atom. The Kier molecular flexibility index (Phi) is 6.92. The van der Waals surface area contributed by atoms with E-state index in [1.165, 1.54) is 11.1 Å². The molecule has 1 aliphatic rings. The van der Waals surface area contributed by atoms with E-state index in [0.717, 1.165) is 44.2 Å². The Morgan fingerprint density at radius 2 is 1.68 bits per heavy atom. The minimum absolute atomic E-state index is 0.145. The zero-order chi connectivity index (χ0) is 20.1. The first-order chi connectivity index (χ1) is 13.4. The van der Waals surface area contributed by atoms with Gasteiger partial charge in [0, 0.05) is 39.8 Å². The maximum atomic E-state index is 12.5. The van der Waals surface area contributed by atoms with Crippen molar-refractivity contribution in [2.24, 2.45) is 0 Å². The molecule has 1 aromatic heterocycles. The predicted molar refractivity (Wildman–Crippen MR) is 112 cm³/mol. The van der Waals surface area contributed by atoms with E-state index in [2.05, 4.69) is 47.9 Å². The second kappa shape index (κ2) is 9.39. The van der Waals surface area contributed by atoms with Crippen LogP contribution in [0.3, 0.4) is 0 Å². The molecular formula is C23H33N3O2. The third kappa shape index (κ3) is 5.69. The fraction of sp³-hybridized carbons (Fsp3) is 0.522. The molecular weight excluding hydrogens is 350 g/mol. The molecule has 0 unspecified atom stereocenters. The fourth-order valence-electron chi connectivity index (χ4n) is 3.58. The van der Waals surface area contributed by atoms with Crippen LogP contribution >= 0.6 is 0 Å². The molecule has 0 spiro atoms. The van der Waals surface area contributed by atoms with Crippen LogP contribution in [0.4, 0.5) is 0 Å². The lowest BCUT2D eigenvalue weighted by molar-refractivity contribution is -0.132. The van der Waals surface area contributed by atoms with Crippen molar-refractivity contribution in [2.75, 3.05) is 39.8 Å². The Labute approximate surface area is 168 Å². The first-order valence-electron chi connectivity index (χ1n) is 10.2. The lowest BCUT2D eigenvalue weighted by Crippen LogP contribution is -2.49. The summed E-state index contributed by atoms with van der Waals surface area (Å²) in [6.45, 7) is 12.2. The molecule has 0 bridgehead atoms. The molecule has 2 heterocycles. The second-order valence-electron chi connectivity index (χ2n) is 8.21. The highest BCUT2D eigenvalue weighted by Crippen LogP contribution is 2.16. The number of furan rings is 1. The quantitative estimate of drug-likeness (QED) is 0.734. The Bertz CT molecular complexity index is 758. The van der Waals surface area contributed by atoms with Gasteiger partial charge in [-0.25, -0.2) is 0 Å². The van der Waals surface area contributed by atoms with Gasteiger partial charge in [0.15, 0.2) is 0 Å². The van der Waals surface area contributed by atoms with Crippen LogP contribution < -0.4 is 0 Å². The molecule has 0 saturated carbocycles. The largest absolute Gasteiger partial charge is 0.464 e.